The van der Waals surface area contributed by atoms with Crippen molar-refractivity contribution in [2.75, 3.05) is 33.1 Å². The van der Waals surface area contributed by atoms with E-state index in [4.69, 9.17) is 4.74 Å². The van der Waals surface area contributed by atoms with Gasteiger partial charge in [-0.2, -0.15) is 4.31 Å². The van der Waals surface area contributed by atoms with Gasteiger partial charge >= 0.3 is 5.97 Å². The molecule has 1 atom stereocenters. The molecule has 11 heteroatoms. The molecule has 1 aromatic heterocycles. The van der Waals surface area contributed by atoms with Gasteiger partial charge < -0.3 is 9.47 Å². The number of sulfonamides is 1. The molecule has 1 saturated heterocycles. The van der Waals surface area contributed by atoms with E-state index in [2.05, 4.69) is 4.74 Å². The maximum atomic E-state index is 13.3. The Morgan fingerprint density at radius 2 is 1.97 bits per heavy atom. The van der Waals surface area contributed by atoms with Crippen molar-refractivity contribution in [1.82, 2.24) is 4.31 Å². The molecule has 2 aromatic rings. The lowest BCUT2D eigenvalue weighted by molar-refractivity contribution is 0.0600. The fourth-order valence-corrected chi connectivity index (χ4v) is 7.98. The van der Waals surface area contributed by atoms with E-state index in [0.717, 1.165) is 4.31 Å². The van der Waals surface area contributed by atoms with Crippen molar-refractivity contribution in [3.05, 3.63) is 46.2 Å². The molecule has 0 N–H and O–H groups in total. The van der Waals surface area contributed by atoms with Crippen LogP contribution in [0.5, 0.6) is 5.75 Å². The number of esters is 1. The molecule has 0 saturated carbocycles. The van der Waals surface area contributed by atoms with Crippen molar-refractivity contribution in [2.24, 2.45) is 0 Å². The molecule has 158 valence electrons. The molecule has 0 amide bonds. The number of carbonyl (C=O) groups is 1. The second-order valence-electron chi connectivity index (χ2n) is 6.42. The zero-order valence-corrected chi connectivity index (χ0v) is 18.3. The number of benzene rings is 1. The zero-order chi connectivity index (χ0) is 21.2. The number of ether oxygens (including phenoxy) is 2. The van der Waals surface area contributed by atoms with Crippen LogP contribution in [0.4, 0.5) is 0 Å². The van der Waals surface area contributed by atoms with Crippen LogP contribution in [0.15, 0.2) is 40.6 Å². The topological polar surface area (TPSA) is 107 Å². The second-order valence-corrected chi connectivity index (χ2v) is 11.6. The highest BCUT2D eigenvalue weighted by molar-refractivity contribution is 7.92. The minimum atomic E-state index is -4.10. The summed E-state index contributed by atoms with van der Waals surface area (Å²) >= 11 is 1.34. The molecule has 0 aliphatic carbocycles. The lowest BCUT2D eigenvalue weighted by atomic mass is 10.2. The molecule has 2 heterocycles. The molecule has 1 aromatic carbocycles. The smallest absolute Gasteiger partial charge is 0.337 e. The Hall–Kier alpha value is -1.95. The van der Waals surface area contributed by atoms with Crippen molar-refractivity contribution >= 4 is 37.2 Å². The normalized spacial score (nSPS) is 20.0. The van der Waals surface area contributed by atoms with Crippen molar-refractivity contribution < 1.29 is 31.1 Å². The average molecular weight is 460 g/mol. The zero-order valence-electron chi connectivity index (χ0n) is 15.9. The van der Waals surface area contributed by atoms with E-state index < -0.39 is 31.1 Å². The number of sulfone groups is 1. The summed E-state index contributed by atoms with van der Waals surface area (Å²) in [7, 11) is -5.07. The first-order valence-corrected chi connectivity index (χ1v) is 12.8. The van der Waals surface area contributed by atoms with Crippen molar-refractivity contribution in [3.8, 4) is 5.75 Å². The number of rotatable bonds is 5. The van der Waals surface area contributed by atoms with Gasteiger partial charge in [0.15, 0.2) is 9.84 Å². The first-order chi connectivity index (χ1) is 13.7. The monoisotopic (exact) mass is 459 g/mol. The molecule has 1 aliphatic rings. The predicted molar refractivity (Wildman–Crippen MR) is 109 cm³/mol. The third-order valence-corrected chi connectivity index (χ3v) is 9.93. The van der Waals surface area contributed by atoms with Crippen LogP contribution in [-0.2, 0) is 24.6 Å². The first kappa shape index (κ1) is 21.8. The van der Waals surface area contributed by atoms with Crippen LogP contribution in [0.2, 0.25) is 0 Å². The number of hydrogen-bond donors (Lipinski definition) is 0. The van der Waals surface area contributed by atoms with Gasteiger partial charge in [0.05, 0.1) is 30.8 Å². The quantitative estimate of drug-likeness (QED) is 0.630. The van der Waals surface area contributed by atoms with Gasteiger partial charge in [-0.05, 0) is 36.1 Å². The molecule has 8 nitrogen and oxygen atoms in total. The molecule has 0 radical (unpaired) electrons. The summed E-state index contributed by atoms with van der Waals surface area (Å²) in [6, 6.07) is 7.50. The maximum absolute atomic E-state index is 13.3. The highest BCUT2D eigenvalue weighted by atomic mass is 32.2. The summed E-state index contributed by atoms with van der Waals surface area (Å²) in [4.78, 5) is 12.3. The van der Waals surface area contributed by atoms with Crippen LogP contribution in [0.3, 0.4) is 0 Å². The third kappa shape index (κ3) is 4.32. The van der Waals surface area contributed by atoms with Gasteiger partial charge in [-0.1, -0.05) is 6.07 Å². The maximum Gasteiger partial charge on any atom is 0.337 e. The summed E-state index contributed by atoms with van der Waals surface area (Å²) in [6.07, 6.45) is 0.154. The minimum Gasteiger partial charge on any atom is -0.495 e. The van der Waals surface area contributed by atoms with E-state index in [1.54, 1.807) is 17.5 Å². The highest BCUT2D eigenvalue weighted by Crippen LogP contribution is 2.35. The summed E-state index contributed by atoms with van der Waals surface area (Å²) in [6.45, 7) is -0.131. The summed E-state index contributed by atoms with van der Waals surface area (Å²) in [5.41, 5.74) is 0.0609. The van der Waals surface area contributed by atoms with Crippen LogP contribution in [-0.4, -0.2) is 60.2 Å². The molecular weight excluding hydrogens is 438 g/mol. The summed E-state index contributed by atoms with van der Waals surface area (Å²) in [5, 5.41) is 1.07. The van der Waals surface area contributed by atoms with E-state index in [-0.39, 0.29) is 41.5 Å². The number of hydrogen-bond acceptors (Lipinski definition) is 8. The molecule has 29 heavy (non-hydrogen) atoms. The fourth-order valence-electron chi connectivity index (χ4n) is 3.22. The fraction of sp³-hybridized carbons (Fsp3) is 0.389. The molecule has 0 spiro atoms. The Kier molecular flexibility index (Phi) is 6.32. The van der Waals surface area contributed by atoms with Crippen LogP contribution < -0.4 is 4.74 Å². The van der Waals surface area contributed by atoms with Crippen molar-refractivity contribution in [3.63, 3.8) is 0 Å². The predicted octanol–water partition coefficient (Wildman–Crippen LogP) is 2.09. The van der Waals surface area contributed by atoms with Crippen LogP contribution in [0.1, 0.15) is 26.9 Å². The first-order valence-electron chi connectivity index (χ1n) is 8.72. The number of nitrogens with zero attached hydrogens (tertiary/aromatic N) is 1. The largest absolute Gasteiger partial charge is 0.495 e. The Morgan fingerprint density at radius 3 is 2.59 bits per heavy atom. The molecule has 0 bridgehead atoms. The van der Waals surface area contributed by atoms with Crippen molar-refractivity contribution in [2.45, 2.75) is 16.6 Å². The van der Waals surface area contributed by atoms with Gasteiger partial charge in [-0.15, -0.1) is 11.3 Å². The number of methoxy groups -OCH3 is 2. The van der Waals surface area contributed by atoms with E-state index in [0.29, 0.717) is 4.88 Å². The van der Waals surface area contributed by atoms with E-state index in [9.17, 15) is 21.6 Å². The molecular formula is C18H21NO7S3. The van der Waals surface area contributed by atoms with Crippen LogP contribution in [0.25, 0.3) is 0 Å². The molecule has 1 aliphatic heterocycles. The second kappa shape index (κ2) is 8.42. The van der Waals surface area contributed by atoms with E-state index in [1.165, 1.54) is 43.8 Å². The Labute approximate surface area is 174 Å². The number of carbonyl (C=O) groups excluding carboxylic acids is 1. The van der Waals surface area contributed by atoms with E-state index in [1.807, 2.05) is 0 Å². The summed E-state index contributed by atoms with van der Waals surface area (Å²) in [5.74, 6) is -0.895. The lowest BCUT2D eigenvalue weighted by Gasteiger charge is -2.21. The van der Waals surface area contributed by atoms with Gasteiger partial charge in [-0.25, -0.2) is 21.6 Å². The van der Waals surface area contributed by atoms with E-state index >= 15 is 0 Å². The van der Waals surface area contributed by atoms with Gasteiger partial charge in [0.1, 0.15) is 10.6 Å². The standard InChI is InChI=1S/C18H21NO7S3/c1-25-14-6-5-13(18(20)26-2)12-17(14)29(23,24)19-8-7-16(15-4-3-10-27-15)28(21,22)11-9-19/h3-6,10,12,16H,7-9,11H2,1-2H3. The Balaban J connectivity index is 1.97. The third-order valence-electron chi connectivity index (χ3n) is 4.76. The summed E-state index contributed by atoms with van der Waals surface area (Å²) < 4.78 is 63.0. The van der Waals surface area contributed by atoms with Gasteiger partial charge in [0.2, 0.25) is 10.0 Å². The highest BCUT2D eigenvalue weighted by Gasteiger charge is 2.37. The van der Waals surface area contributed by atoms with Crippen LogP contribution >= 0.6 is 11.3 Å². The number of thiophene rings is 1. The molecule has 1 unspecified atom stereocenters. The van der Waals surface area contributed by atoms with Gasteiger partial charge in [0, 0.05) is 18.0 Å². The van der Waals surface area contributed by atoms with Gasteiger partial charge in [0.25, 0.3) is 0 Å². The molecule has 3 rings (SSSR count). The van der Waals surface area contributed by atoms with Gasteiger partial charge in [-0.3, -0.25) is 0 Å². The molecule has 1 fully saturated rings. The lowest BCUT2D eigenvalue weighted by Crippen LogP contribution is -2.34. The Bertz CT molecular complexity index is 1090. The average Bonchev–Trinajstić information content (AvgIpc) is 3.17. The SMILES string of the molecule is COC(=O)c1ccc(OC)c(S(=O)(=O)N2CCC(c3cccs3)S(=O)(=O)CC2)c1. The minimum absolute atomic E-state index is 0.0374. The van der Waals surface area contributed by atoms with Crippen LogP contribution in [0, 0.1) is 0 Å². The van der Waals surface area contributed by atoms with Crippen molar-refractivity contribution in [1.29, 1.82) is 0 Å². The Morgan fingerprint density at radius 1 is 1.21 bits per heavy atom.